The Balaban J connectivity index is 3.10. The first kappa shape index (κ1) is 11.4. The summed E-state index contributed by atoms with van der Waals surface area (Å²) in [6.07, 6.45) is 0. The minimum absolute atomic E-state index is 0.0238. The third-order valence-electron chi connectivity index (χ3n) is 2.10. The maximum atomic E-state index is 10.8. The van der Waals surface area contributed by atoms with Crippen molar-refractivity contribution < 1.29 is 8.76 Å². The number of hydrogen-bond donors (Lipinski definition) is 1. The summed E-state index contributed by atoms with van der Waals surface area (Å²) >= 11 is -1.76. The van der Waals surface area contributed by atoms with Gasteiger partial charge in [-0.15, -0.1) is 0 Å². The van der Waals surface area contributed by atoms with Crippen LogP contribution in [0.15, 0.2) is 24.3 Å². The molecule has 1 unspecified atom stereocenters. The van der Waals surface area contributed by atoms with Crippen molar-refractivity contribution in [2.45, 2.75) is 31.9 Å². The van der Waals surface area contributed by atoms with Crippen LogP contribution in [0.25, 0.3) is 0 Å². The molecule has 0 amide bonds. The second-order valence-electron chi connectivity index (χ2n) is 4.37. The lowest BCUT2D eigenvalue weighted by Crippen LogP contribution is -2.14. The Kier molecular flexibility index (Phi) is 3.45. The van der Waals surface area contributed by atoms with Gasteiger partial charge in [0.05, 0.1) is 5.75 Å². The molecular weight excluding hydrogens is 196 g/mol. The number of rotatable bonds is 2. The topological polar surface area (TPSA) is 37.3 Å². The summed E-state index contributed by atoms with van der Waals surface area (Å²) < 4.78 is 19.6. The molecule has 1 aromatic rings. The van der Waals surface area contributed by atoms with Crippen LogP contribution in [-0.2, 0) is 22.2 Å². The SMILES string of the molecule is CC(C)(C)c1ccccc1CS(=O)O. The minimum Gasteiger partial charge on any atom is -0.306 e. The molecular formula is C11H16O2S. The Bertz CT molecular complexity index is 339. The van der Waals surface area contributed by atoms with E-state index in [0.717, 1.165) is 11.1 Å². The molecule has 0 heterocycles. The molecule has 0 saturated heterocycles. The Morgan fingerprint density at radius 2 is 1.86 bits per heavy atom. The Morgan fingerprint density at radius 3 is 2.36 bits per heavy atom. The number of hydrogen-bond acceptors (Lipinski definition) is 1. The van der Waals surface area contributed by atoms with Crippen LogP contribution in [0.5, 0.6) is 0 Å². The standard InChI is InChI=1S/C11H16O2S/c1-11(2,3)10-7-5-4-6-9(10)8-14(12)13/h4-7H,8H2,1-3H3,(H,12,13). The second-order valence-corrected chi connectivity index (χ2v) is 5.30. The van der Waals surface area contributed by atoms with Crippen molar-refractivity contribution in [2.75, 3.05) is 0 Å². The monoisotopic (exact) mass is 212 g/mol. The summed E-state index contributed by atoms with van der Waals surface area (Å²) in [6.45, 7) is 6.31. The van der Waals surface area contributed by atoms with Crippen LogP contribution in [0.1, 0.15) is 31.9 Å². The van der Waals surface area contributed by atoms with Gasteiger partial charge in [-0.2, -0.15) is 0 Å². The van der Waals surface area contributed by atoms with Crippen LogP contribution >= 0.6 is 0 Å². The molecule has 1 atom stereocenters. The van der Waals surface area contributed by atoms with E-state index in [4.69, 9.17) is 4.55 Å². The van der Waals surface area contributed by atoms with Crippen molar-refractivity contribution in [1.29, 1.82) is 0 Å². The first-order valence-corrected chi connectivity index (χ1v) is 5.84. The van der Waals surface area contributed by atoms with Crippen LogP contribution in [0.4, 0.5) is 0 Å². The zero-order valence-electron chi connectivity index (χ0n) is 8.78. The lowest BCUT2D eigenvalue weighted by Gasteiger charge is -2.22. The third kappa shape index (κ3) is 2.93. The van der Waals surface area contributed by atoms with Crippen LogP contribution in [0.3, 0.4) is 0 Å². The number of benzene rings is 1. The molecule has 0 spiro atoms. The third-order valence-corrected chi connectivity index (χ3v) is 2.66. The van der Waals surface area contributed by atoms with Crippen LogP contribution in [-0.4, -0.2) is 8.76 Å². The zero-order valence-corrected chi connectivity index (χ0v) is 9.60. The van der Waals surface area contributed by atoms with Gasteiger partial charge in [0, 0.05) is 0 Å². The summed E-state index contributed by atoms with van der Waals surface area (Å²) in [5.74, 6) is 0.216. The van der Waals surface area contributed by atoms with E-state index in [1.54, 1.807) is 0 Å². The van der Waals surface area contributed by atoms with Gasteiger partial charge >= 0.3 is 0 Å². The Labute approximate surface area is 87.6 Å². The van der Waals surface area contributed by atoms with Crippen molar-refractivity contribution in [3.05, 3.63) is 35.4 Å². The van der Waals surface area contributed by atoms with E-state index in [9.17, 15) is 4.21 Å². The largest absolute Gasteiger partial charge is 0.306 e. The fraction of sp³-hybridized carbons (Fsp3) is 0.455. The van der Waals surface area contributed by atoms with Crippen LogP contribution < -0.4 is 0 Å². The van der Waals surface area contributed by atoms with Gasteiger partial charge in [0.25, 0.3) is 0 Å². The van der Waals surface area contributed by atoms with Crippen molar-refractivity contribution >= 4 is 11.1 Å². The lowest BCUT2D eigenvalue weighted by molar-refractivity contribution is 0.559. The molecule has 1 aromatic carbocycles. The summed E-state index contributed by atoms with van der Waals surface area (Å²) in [7, 11) is 0. The van der Waals surface area contributed by atoms with Gasteiger partial charge in [-0.05, 0) is 16.5 Å². The van der Waals surface area contributed by atoms with E-state index in [1.807, 2.05) is 24.3 Å². The van der Waals surface area contributed by atoms with E-state index < -0.39 is 11.1 Å². The highest BCUT2D eigenvalue weighted by molar-refractivity contribution is 7.78. The van der Waals surface area contributed by atoms with E-state index >= 15 is 0 Å². The molecule has 1 N–H and O–H groups in total. The van der Waals surface area contributed by atoms with Gasteiger partial charge in [-0.1, -0.05) is 45.0 Å². The molecule has 0 fully saturated rings. The average Bonchev–Trinajstić information content (AvgIpc) is 2.01. The molecule has 0 aliphatic rings. The van der Waals surface area contributed by atoms with Crippen molar-refractivity contribution in [3.63, 3.8) is 0 Å². The minimum atomic E-state index is -1.76. The average molecular weight is 212 g/mol. The summed E-state index contributed by atoms with van der Waals surface area (Å²) in [4.78, 5) is 0. The molecule has 0 aliphatic carbocycles. The molecule has 2 nitrogen and oxygen atoms in total. The maximum absolute atomic E-state index is 10.8. The van der Waals surface area contributed by atoms with E-state index in [0.29, 0.717) is 0 Å². The van der Waals surface area contributed by atoms with E-state index in [-0.39, 0.29) is 11.2 Å². The molecule has 0 aliphatic heterocycles. The maximum Gasteiger partial charge on any atom is 0.157 e. The van der Waals surface area contributed by atoms with Crippen molar-refractivity contribution in [3.8, 4) is 0 Å². The van der Waals surface area contributed by atoms with Gasteiger partial charge in [0.1, 0.15) is 0 Å². The lowest BCUT2D eigenvalue weighted by atomic mass is 9.84. The highest BCUT2D eigenvalue weighted by atomic mass is 32.2. The van der Waals surface area contributed by atoms with Crippen LogP contribution in [0, 0.1) is 0 Å². The first-order chi connectivity index (χ1) is 6.41. The Hall–Kier alpha value is -0.670. The zero-order chi connectivity index (χ0) is 10.8. The van der Waals surface area contributed by atoms with Crippen molar-refractivity contribution in [2.24, 2.45) is 0 Å². The normalized spacial score (nSPS) is 14.0. The van der Waals surface area contributed by atoms with E-state index in [2.05, 4.69) is 20.8 Å². The molecule has 14 heavy (non-hydrogen) atoms. The quantitative estimate of drug-likeness (QED) is 0.765. The summed E-state index contributed by atoms with van der Waals surface area (Å²) in [5, 5.41) is 0. The molecule has 3 heteroatoms. The highest BCUT2D eigenvalue weighted by Gasteiger charge is 2.17. The predicted molar refractivity (Wildman–Crippen MR) is 59.6 cm³/mol. The molecule has 78 valence electrons. The smallest absolute Gasteiger partial charge is 0.157 e. The predicted octanol–water partition coefficient (Wildman–Crippen LogP) is 2.71. The highest BCUT2D eigenvalue weighted by Crippen LogP contribution is 2.26. The Morgan fingerprint density at radius 1 is 1.29 bits per heavy atom. The van der Waals surface area contributed by atoms with Crippen molar-refractivity contribution in [1.82, 2.24) is 0 Å². The molecule has 1 rings (SSSR count). The van der Waals surface area contributed by atoms with Crippen LogP contribution in [0.2, 0.25) is 0 Å². The van der Waals surface area contributed by atoms with Gasteiger partial charge in [-0.25, -0.2) is 4.21 Å². The molecule has 0 saturated carbocycles. The molecule has 0 aromatic heterocycles. The van der Waals surface area contributed by atoms with Gasteiger partial charge < -0.3 is 4.55 Å². The second kappa shape index (κ2) is 4.24. The molecule has 0 bridgehead atoms. The fourth-order valence-electron chi connectivity index (χ4n) is 1.51. The van der Waals surface area contributed by atoms with E-state index in [1.165, 1.54) is 0 Å². The molecule has 0 radical (unpaired) electrons. The summed E-state index contributed by atoms with van der Waals surface area (Å²) in [6, 6.07) is 7.79. The summed E-state index contributed by atoms with van der Waals surface area (Å²) in [5.41, 5.74) is 2.12. The van der Waals surface area contributed by atoms with Gasteiger partial charge in [0.15, 0.2) is 11.1 Å². The van der Waals surface area contributed by atoms with Gasteiger partial charge in [-0.3, -0.25) is 0 Å². The fourth-order valence-corrected chi connectivity index (χ4v) is 2.03. The first-order valence-electron chi connectivity index (χ1n) is 4.57. The van der Waals surface area contributed by atoms with Gasteiger partial charge in [0.2, 0.25) is 0 Å².